The van der Waals surface area contributed by atoms with Gasteiger partial charge >= 0.3 is 0 Å². The number of methoxy groups -OCH3 is 1. The van der Waals surface area contributed by atoms with Gasteiger partial charge in [-0.25, -0.2) is 4.98 Å². The van der Waals surface area contributed by atoms with Crippen LogP contribution in [0.15, 0.2) is 29.0 Å². The molecule has 0 fully saturated rings. The quantitative estimate of drug-likeness (QED) is 0.840. The van der Waals surface area contributed by atoms with Crippen molar-refractivity contribution < 1.29 is 9.47 Å². The van der Waals surface area contributed by atoms with Crippen molar-refractivity contribution in [2.75, 3.05) is 13.7 Å². The molecule has 0 radical (unpaired) electrons. The van der Waals surface area contributed by atoms with Crippen LogP contribution in [-0.4, -0.2) is 23.3 Å². The average molecular weight is 325 g/mol. The Morgan fingerprint density at radius 3 is 2.74 bits per heavy atom. The molecule has 0 unspecified atom stereocenters. The Morgan fingerprint density at radius 2 is 2.11 bits per heavy atom. The van der Waals surface area contributed by atoms with Gasteiger partial charge in [0.15, 0.2) is 11.5 Å². The third kappa shape index (κ3) is 2.76. The summed E-state index contributed by atoms with van der Waals surface area (Å²) < 4.78 is 13.9. The lowest BCUT2D eigenvalue weighted by Gasteiger charge is -2.13. The molecule has 19 heavy (non-hydrogen) atoms. The van der Waals surface area contributed by atoms with Crippen molar-refractivity contribution in [1.82, 2.24) is 9.55 Å². The molecule has 2 aromatic rings. The predicted molar refractivity (Wildman–Crippen MR) is 78.8 cm³/mol. The van der Waals surface area contributed by atoms with Gasteiger partial charge in [0, 0.05) is 24.5 Å². The van der Waals surface area contributed by atoms with Gasteiger partial charge in [0.1, 0.15) is 5.82 Å². The highest BCUT2D eigenvalue weighted by Gasteiger charge is 2.14. The molecule has 0 N–H and O–H groups in total. The fourth-order valence-electron chi connectivity index (χ4n) is 1.96. The van der Waals surface area contributed by atoms with Gasteiger partial charge in [0.25, 0.3) is 0 Å². The highest BCUT2D eigenvalue weighted by Crippen LogP contribution is 2.39. The molecule has 2 rings (SSSR count). The molecule has 0 saturated heterocycles. The summed E-state index contributed by atoms with van der Waals surface area (Å²) in [6, 6.07) is 3.95. The minimum Gasteiger partial charge on any atom is -0.493 e. The minimum absolute atomic E-state index is 0.595. The minimum atomic E-state index is 0.595. The van der Waals surface area contributed by atoms with Crippen molar-refractivity contribution in [2.24, 2.45) is 0 Å². The number of hydrogen-bond donors (Lipinski definition) is 0. The molecular formula is C14H17BrN2O2. The molecule has 1 aromatic carbocycles. The third-order valence-corrected chi connectivity index (χ3v) is 3.42. The van der Waals surface area contributed by atoms with Crippen LogP contribution in [0.3, 0.4) is 0 Å². The summed E-state index contributed by atoms with van der Waals surface area (Å²) in [6.07, 6.45) is 3.77. The zero-order valence-electron chi connectivity index (χ0n) is 11.3. The highest BCUT2D eigenvalue weighted by atomic mass is 79.9. The van der Waals surface area contributed by atoms with E-state index in [1.165, 1.54) is 0 Å². The molecule has 4 nitrogen and oxygen atoms in total. The van der Waals surface area contributed by atoms with E-state index in [0.29, 0.717) is 12.4 Å². The van der Waals surface area contributed by atoms with Gasteiger partial charge in [0.2, 0.25) is 0 Å². The highest BCUT2D eigenvalue weighted by molar-refractivity contribution is 9.10. The first-order valence-corrected chi connectivity index (χ1v) is 7.02. The number of rotatable bonds is 5. The monoisotopic (exact) mass is 324 g/mol. The first-order chi connectivity index (χ1) is 9.21. The smallest absolute Gasteiger partial charge is 0.175 e. The second-order valence-electron chi connectivity index (χ2n) is 3.96. The number of hydrogen-bond acceptors (Lipinski definition) is 3. The summed E-state index contributed by atoms with van der Waals surface area (Å²) in [4.78, 5) is 4.40. The van der Waals surface area contributed by atoms with Crippen LogP contribution in [0.4, 0.5) is 0 Å². The van der Waals surface area contributed by atoms with Gasteiger partial charge in [-0.05, 0) is 41.9 Å². The predicted octanol–water partition coefficient (Wildman–Crippen LogP) is 3.74. The molecule has 1 heterocycles. The summed E-state index contributed by atoms with van der Waals surface area (Å²) in [7, 11) is 1.64. The van der Waals surface area contributed by atoms with Crippen molar-refractivity contribution in [3.8, 4) is 22.9 Å². The Hall–Kier alpha value is -1.49. The van der Waals surface area contributed by atoms with Gasteiger partial charge in [-0.3, -0.25) is 0 Å². The fourth-order valence-corrected chi connectivity index (χ4v) is 2.51. The number of aryl methyl sites for hydroxylation is 1. The van der Waals surface area contributed by atoms with E-state index in [0.717, 1.165) is 28.2 Å². The lowest BCUT2D eigenvalue weighted by atomic mass is 10.2. The largest absolute Gasteiger partial charge is 0.493 e. The summed E-state index contributed by atoms with van der Waals surface area (Å²) in [5.41, 5.74) is 0.999. The Labute approximate surface area is 121 Å². The van der Waals surface area contributed by atoms with Crippen molar-refractivity contribution >= 4 is 15.9 Å². The zero-order chi connectivity index (χ0) is 13.8. The molecule has 0 aliphatic rings. The molecule has 5 heteroatoms. The van der Waals surface area contributed by atoms with Gasteiger partial charge in [0.05, 0.1) is 18.2 Å². The van der Waals surface area contributed by atoms with Crippen molar-refractivity contribution in [3.05, 3.63) is 29.0 Å². The second kappa shape index (κ2) is 6.10. The summed E-state index contributed by atoms with van der Waals surface area (Å²) in [6.45, 7) is 5.51. The van der Waals surface area contributed by atoms with E-state index < -0.39 is 0 Å². The van der Waals surface area contributed by atoms with Crippen LogP contribution >= 0.6 is 15.9 Å². The lowest BCUT2D eigenvalue weighted by Crippen LogP contribution is -1.99. The number of imidazole rings is 1. The number of aromatic nitrogens is 2. The Kier molecular flexibility index (Phi) is 4.47. The number of halogens is 1. The molecular weight excluding hydrogens is 308 g/mol. The molecule has 0 saturated carbocycles. The van der Waals surface area contributed by atoms with Crippen molar-refractivity contribution in [3.63, 3.8) is 0 Å². The fraction of sp³-hybridized carbons (Fsp3) is 0.357. The van der Waals surface area contributed by atoms with Crippen molar-refractivity contribution in [2.45, 2.75) is 20.4 Å². The summed E-state index contributed by atoms with van der Waals surface area (Å²) in [5.74, 6) is 2.35. The molecule has 0 amide bonds. The molecule has 0 aliphatic heterocycles. The molecule has 0 aliphatic carbocycles. The van der Waals surface area contributed by atoms with E-state index in [2.05, 4.69) is 32.4 Å². The number of benzene rings is 1. The van der Waals surface area contributed by atoms with E-state index in [9.17, 15) is 0 Å². The maximum atomic E-state index is 5.59. The maximum absolute atomic E-state index is 5.59. The van der Waals surface area contributed by atoms with E-state index >= 15 is 0 Å². The molecule has 1 aromatic heterocycles. The number of nitrogens with zero attached hydrogens (tertiary/aromatic N) is 2. The Bertz CT molecular complexity index is 567. The SMILES string of the molecule is CCOc1c(Br)cc(-c2nccn2CC)cc1OC. The maximum Gasteiger partial charge on any atom is 0.175 e. The zero-order valence-corrected chi connectivity index (χ0v) is 12.9. The molecule has 0 spiro atoms. The third-order valence-electron chi connectivity index (χ3n) is 2.83. The van der Waals surface area contributed by atoms with Crippen LogP contribution in [0, 0.1) is 0 Å². The normalized spacial score (nSPS) is 10.5. The molecule has 102 valence electrons. The Morgan fingerprint density at radius 1 is 1.32 bits per heavy atom. The van der Waals surface area contributed by atoms with E-state index in [1.807, 2.05) is 25.3 Å². The number of ether oxygens (including phenoxy) is 2. The first kappa shape index (κ1) is 13.9. The van der Waals surface area contributed by atoms with E-state index in [4.69, 9.17) is 9.47 Å². The first-order valence-electron chi connectivity index (χ1n) is 6.23. The van der Waals surface area contributed by atoms with Crippen LogP contribution in [0.5, 0.6) is 11.5 Å². The van der Waals surface area contributed by atoms with Crippen LogP contribution in [0.2, 0.25) is 0 Å². The summed E-state index contributed by atoms with van der Waals surface area (Å²) >= 11 is 3.53. The van der Waals surface area contributed by atoms with Gasteiger partial charge in [-0.15, -0.1) is 0 Å². The van der Waals surface area contributed by atoms with Crippen LogP contribution in [0.1, 0.15) is 13.8 Å². The van der Waals surface area contributed by atoms with E-state index in [1.54, 1.807) is 13.3 Å². The van der Waals surface area contributed by atoms with Crippen LogP contribution < -0.4 is 9.47 Å². The average Bonchev–Trinajstić information content (AvgIpc) is 2.89. The lowest BCUT2D eigenvalue weighted by molar-refractivity contribution is 0.309. The summed E-state index contributed by atoms with van der Waals surface area (Å²) in [5, 5.41) is 0. The topological polar surface area (TPSA) is 36.3 Å². The van der Waals surface area contributed by atoms with Crippen LogP contribution in [0.25, 0.3) is 11.4 Å². The standard InChI is InChI=1S/C14H17BrN2O2/c1-4-17-7-6-16-14(17)10-8-11(15)13(19-5-2)12(9-10)18-3/h6-9H,4-5H2,1-3H3. The Balaban J connectivity index is 2.51. The van der Waals surface area contributed by atoms with Crippen molar-refractivity contribution in [1.29, 1.82) is 0 Å². The second-order valence-corrected chi connectivity index (χ2v) is 4.81. The molecule has 0 atom stereocenters. The molecule has 0 bridgehead atoms. The van der Waals surface area contributed by atoms with Gasteiger partial charge in [-0.2, -0.15) is 0 Å². The van der Waals surface area contributed by atoms with E-state index in [-0.39, 0.29) is 0 Å². The van der Waals surface area contributed by atoms with Crippen LogP contribution in [-0.2, 0) is 6.54 Å². The van der Waals surface area contributed by atoms with Gasteiger partial charge in [-0.1, -0.05) is 0 Å². The van der Waals surface area contributed by atoms with Gasteiger partial charge < -0.3 is 14.0 Å².